The van der Waals surface area contributed by atoms with E-state index < -0.39 is 0 Å². The van der Waals surface area contributed by atoms with E-state index in [1.54, 1.807) is 29.5 Å². The number of nitrogens with one attached hydrogen (secondary N) is 1. The molecule has 1 atom stereocenters. The number of nitrogens with zero attached hydrogens (tertiary/aromatic N) is 4. The van der Waals surface area contributed by atoms with Gasteiger partial charge in [-0.25, -0.2) is 0 Å². The largest absolute Gasteiger partial charge is 0.376 e. The minimum absolute atomic E-state index is 0.123. The van der Waals surface area contributed by atoms with Crippen molar-refractivity contribution in [3.63, 3.8) is 0 Å². The van der Waals surface area contributed by atoms with Crippen LogP contribution in [0.4, 0.5) is 5.69 Å². The van der Waals surface area contributed by atoms with Gasteiger partial charge in [-0.15, -0.1) is 21.5 Å². The lowest BCUT2D eigenvalue weighted by molar-refractivity contribution is -0.113. The van der Waals surface area contributed by atoms with Crippen LogP contribution in [0.2, 0.25) is 5.02 Å². The van der Waals surface area contributed by atoms with Crippen LogP contribution < -0.4 is 5.32 Å². The van der Waals surface area contributed by atoms with Crippen LogP contribution in [-0.4, -0.2) is 39.1 Å². The van der Waals surface area contributed by atoms with Gasteiger partial charge >= 0.3 is 0 Å². The first-order valence-electron chi connectivity index (χ1n) is 9.35. The second-order valence-corrected chi connectivity index (χ2v) is 8.99. The average molecular weight is 460 g/mol. The summed E-state index contributed by atoms with van der Waals surface area (Å²) < 4.78 is 7.82. The zero-order valence-electron chi connectivity index (χ0n) is 15.9. The zero-order chi connectivity index (χ0) is 20.9. The van der Waals surface area contributed by atoms with Gasteiger partial charge in [0.25, 0.3) is 0 Å². The lowest BCUT2D eigenvalue weighted by atomic mass is 10.2. The molecule has 1 N–H and O–H groups in total. The molecule has 0 saturated carbocycles. The molecule has 30 heavy (non-hydrogen) atoms. The predicted molar refractivity (Wildman–Crippen MR) is 118 cm³/mol. The lowest BCUT2D eigenvalue weighted by Crippen LogP contribution is -2.18. The number of nitriles is 1. The third kappa shape index (κ3) is 4.84. The van der Waals surface area contributed by atoms with E-state index in [4.69, 9.17) is 16.3 Å². The fourth-order valence-corrected chi connectivity index (χ4v) is 4.81. The van der Waals surface area contributed by atoms with E-state index in [1.807, 2.05) is 22.1 Å². The summed E-state index contributed by atoms with van der Waals surface area (Å²) in [5.41, 5.74) is 0.759. The van der Waals surface area contributed by atoms with Crippen molar-refractivity contribution in [3.05, 3.63) is 46.3 Å². The van der Waals surface area contributed by atoms with Gasteiger partial charge in [-0.2, -0.15) is 5.26 Å². The molecule has 1 amide bonds. The van der Waals surface area contributed by atoms with Gasteiger partial charge in [-0.05, 0) is 42.5 Å². The highest BCUT2D eigenvalue weighted by atomic mass is 35.5. The molecule has 0 spiro atoms. The summed E-state index contributed by atoms with van der Waals surface area (Å²) in [6, 6.07) is 10.8. The molecule has 1 unspecified atom stereocenters. The standard InChI is InChI=1S/C20H18ClN5O2S2/c21-14-6-5-13(10-22)16(9-14)23-18(27)12-30-20-25-24-19(17-4-2-8-29-17)26(20)11-15-3-1-7-28-15/h2,4-6,8-9,15H,1,3,7,11-12H2,(H,23,27). The summed E-state index contributed by atoms with van der Waals surface area (Å²) >= 11 is 8.89. The molecule has 3 heterocycles. The summed E-state index contributed by atoms with van der Waals surface area (Å²) in [6.45, 7) is 1.42. The van der Waals surface area contributed by atoms with Gasteiger partial charge in [0, 0.05) is 11.6 Å². The highest BCUT2D eigenvalue weighted by Gasteiger charge is 2.22. The second kappa shape index (κ2) is 9.62. The normalized spacial score (nSPS) is 15.8. The number of carbonyl (C=O) groups is 1. The number of amides is 1. The molecular formula is C20H18ClN5O2S2. The van der Waals surface area contributed by atoms with Gasteiger partial charge in [-0.1, -0.05) is 29.4 Å². The topological polar surface area (TPSA) is 92.8 Å². The Kier molecular flexibility index (Phi) is 6.69. The summed E-state index contributed by atoms with van der Waals surface area (Å²) in [5, 5.41) is 23.8. The van der Waals surface area contributed by atoms with Crippen LogP contribution in [-0.2, 0) is 16.1 Å². The van der Waals surface area contributed by atoms with E-state index >= 15 is 0 Å². The van der Waals surface area contributed by atoms with Gasteiger partial charge in [-0.3, -0.25) is 9.36 Å². The number of halogens is 1. The molecule has 1 fully saturated rings. The van der Waals surface area contributed by atoms with Crippen molar-refractivity contribution < 1.29 is 9.53 Å². The number of rotatable bonds is 7. The first-order valence-corrected chi connectivity index (χ1v) is 11.6. The molecular weight excluding hydrogens is 442 g/mol. The van der Waals surface area contributed by atoms with Crippen molar-refractivity contribution >= 4 is 46.3 Å². The molecule has 4 rings (SSSR count). The number of anilines is 1. The number of thioether (sulfide) groups is 1. The fraction of sp³-hybridized carbons (Fsp3) is 0.300. The Morgan fingerprint density at radius 1 is 1.43 bits per heavy atom. The maximum Gasteiger partial charge on any atom is 0.234 e. The molecule has 1 saturated heterocycles. The van der Waals surface area contributed by atoms with E-state index in [2.05, 4.69) is 21.6 Å². The molecule has 0 aliphatic carbocycles. The number of hydrogen-bond donors (Lipinski definition) is 1. The third-order valence-corrected chi connectivity index (χ3v) is 6.64. The smallest absolute Gasteiger partial charge is 0.234 e. The van der Waals surface area contributed by atoms with E-state index in [-0.39, 0.29) is 17.8 Å². The first kappa shape index (κ1) is 20.9. The van der Waals surface area contributed by atoms with Crippen LogP contribution in [0.3, 0.4) is 0 Å². The zero-order valence-corrected chi connectivity index (χ0v) is 18.3. The summed E-state index contributed by atoms with van der Waals surface area (Å²) in [4.78, 5) is 13.5. The molecule has 3 aromatic rings. The molecule has 1 aromatic carbocycles. The SMILES string of the molecule is N#Cc1ccc(Cl)cc1NC(=O)CSc1nnc(-c2cccs2)n1CC1CCCO1. The van der Waals surface area contributed by atoms with E-state index in [0.717, 1.165) is 30.2 Å². The van der Waals surface area contributed by atoms with Gasteiger partial charge in [0.1, 0.15) is 6.07 Å². The Labute approximate surface area is 187 Å². The minimum atomic E-state index is -0.247. The van der Waals surface area contributed by atoms with Crippen molar-refractivity contribution in [1.82, 2.24) is 14.8 Å². The van der Waals surface area contributed by atoms with Crippen molar-refractivity contribution in [2.45, 2.75) is 30.6 Å². The van der Waals surface area contributed by atoms with Gasteiger partial charge in [0.2, 0.25) is 5.91 Å². The van der Waals surface area contributed by atoms with Crippen molar-refractivity contribution in [1.29, 1.82) is 5.26 Å². The Morgan fingerprint density at radius 3 is 3.07 bits per heavy atom. The molecule has 0 radical (unpaired) electrons. The number of aromatic nitrogens is 3. The van der Waals surface area contributed by atoms with Crippen LogP contribution in [0.5, 0.6) is 0 Å². The number of thiophene rings is 1. The van der Waals surface area contributed by atoms with Crippen LogP contribution in [0.25, 0.3) is 10.7 Å². The first-order chi connectivity index (χ1) is 14.6. The third-order valence-electron chi connectivity index (χ3n) is 4.58. The summed E-state index contributed by atoms with van der Waals surface area (Å²) in [6.07, 6.45) is 2.17. The second-order valence-electron chi connectivity index (χ2n) is 6.67. The van der Waals surface area contributed by atoms with E-state index in [1.165, 1.54) is 11.8 Å². The highest BCUT2D eigenvalue weighted by Crippen LogP contribution is 2.29. The quantitative estimate of drug-likeness (QED) is 0.525. The Hall–Kier alpha value is -2.38. The van der Waals surface area contributed by atoms with Crippen LogP contribution >= 0.6 is 34.7 Å². The molecule has 0 bridgehead atoms. The number of carbonyl (C=O) groups excluding carboxylic acids is 1. The molecule has 2 aromatic heterocycles. The number of hydrogen-bond acceptors (Lipinski definition) is 7. The monoisotopic (exact) mass is 459 g/mol. The maximum absolute atomic E-state index is 12.5. The van der Waals surface area contributed by atoms with Crippen molar-refractivity contribution in [2.75, 3.05) is 17.7 Å². The van der Waals surface area contributed by atoms with Gasteiger partial charge in [0.05, 0.1) is 34.5 Å². The molecule has 7 nitrogen and oxygen atoms in total. The molecule has 154 valence electrons. The van der Waals surface area contributed by atoms with Crippen LogP contribution in [0.1, 0.15) is 18.4 Å². The summed E-state index contributed by atoms with van der Waals surface area (Å²) in [7, 11) is 0. The highest BCUT2D eigenvalue weighted by molar-refractivity contribution is 7.99. The number of benzene rings is 1. The Morgan fingerprint density at radius 2 is 2.33 bits per heavy atom. The molecule has 1 aliphatic heterocycles. The number of ether oxygens (including phenoxy) is 1. The van der Waals surface area contributed by atoms with E-state index in [0.29, 0.717) is 28.0 Å². The van der Waals surface area contributed by atoms with Gasteiger partial charge < -0.3 is 10.1 Å². The van der Waals surface area contributed by atoms with Crippen LogP contribution in [0.15, 0.2) is 40.9 Å². The van der Waals surface area contributed by atoms with Crippen molar-refractivity contribution in [2.24, 2.45) is 0 Å². The molecule has 1 aliphatic rings. The minimum Gasteiger partial charge on any atom is -0.376 e. The lowest BCUT2D eigenvalue weighted by Gasteiger charge is -2.14. The van der Waals surface area contributed by atoms with E-state index in [9.17, 15) is 10.1 Å². The van der Waals surface area contributed by atoms with Crippen molar-refractivity contribution in [3.8, 4) is 16.8 Å². The van der Waals surface area contributed by atoms with Gasteiger partial charge in [0.15, 0.2) is 11.0 Å². The van der Waals surface area contributed by atoms with Crippen LogP contribution in [0, 0.1) is 11.3 Å². The Balaban J connectivity index is 1.48. The average Bonchev–Trinajstić information content (AvgIpc) is 3.49. The Bertz CT molecular complexity index is 1070. The molecule has 10 heteroatoms. The summed E-state index contributed by atoms with van der Waals surface area (Å²) in [5.74, 6) is 0.666. The maximum atomic E-state index is 12.5. The predicted octanol–water partition coefficient (Wildman–Crippen LogP) is 4.44. The fourth-order valence-electron chi connectivity index (χ4n) is 3.17.